The van der Waals surface area contributed by atoms with Crippen LogP contribution in [0.3, 0.4) is 0 Å². The molecule has 0 bridgehead atoms. The molecule has 2 N–H and O–H groups in total. The van der Waals surface area contributed by atoms with Crippen LogP contribution >= 0.6 is 11.3 Å². The molecule has 1 fully saturated rings. The number of morpholine rings is 1. The summed E-state index contributed by atoms with van der Waals surface area (Å²) in [5.74, 6) is 0.423. The van der Waals surface area contributed by atoms with Crippen molar-refractivity contribution < 1.29 is 14.3 Å². The number of fused-ring (bicyclic) bond motifs is 1. The van der Waals surface area contributed by atoms with E-state index in [1.54, 1.807) is 13.3 Å². The molecule has 0 spiro atoms. The Kier molecular flexibility index (Phi) is 5.89. The zero-order valence-electron chi connectivity index (χ0n) is 16.2. The lowest BCUT2D eigenvalue weighted by molar-refractivity contribution is -0.0253. The molecule has 6 nitrogen and oxygen atoms in total. The first kappa shape index (κ1) is 19.6. The average Bonchev–Trinajstić information content (AvgIpc) is 3.14. The van der Waals surface area contributed by atoms with Crippen LogP contribution in [0.2, 0.25) is 0 Å². The highest BCUT2D eigenvalue weighted by molar-refractivity contribution is 7.20. The van der Waals surface area contributed by atoms with Crippen molar-refractivity contribution in [2.24, 2.45) is 5.73 Å². The Morgan fingerprint density at radius 2 is 2.24 bits per heavy atom. The van der Waals surface area contributed by atoms with Crippen LogP contribution in [0.5, 0.6) is 5.75 Å². The number of pyridine rings is 1. The van der Waals surface area contributed by atoms with Crippen molar-refractivity contribution in [1.82, 2.24) is 9.88 Å². The number of carbonyl (C=O) groups is 1. The zero-order valence-corrected chi connectivity index (χ0v) is 17.0. The van der Waals surface area contributed by atoms with E-state index in [1.165, 1.54) is 11.3 Å². The smallest absolute Gasteiger partial charge is 0.259 e. The third-order valence-corrected chi connectivity index (χ3v) is 6.14. The number of carbonyl (C=O) groups excluding carboxylic acids is 1. The topological polar surface area (TPSA) is 77.7 Å². The monoisotopic (exact) mass is 409 g/mol. The number of primary amides is 1. The van der Waals surface area contributed by atoms with Crippen LogP contribution in [0.4, 0.5) is 0 Å². The van der Waals surface area contributed by atoms with Crippen molar-refractivity contribution in [1.29, 1.82) is 0 Å². The van der Waals surface area contributed by atoms with E-state index < -0.39 is 5.91 Å². The minimum Gasteiger partial charge on any atom is -0.496 e. The third kappa shape index (κ3) is 4.17. The lowest BCUT2D eigenvalue weighted by atomic mass is 10.0. The van der Waals surface area contributed by atoms with E-state index in [9.17, 15) is 4.79 Å². The summed E-state index contributed by atoms with van der Waals surface area (Å²) in [6.45, 7) is 2.91. The molecule has 0 aliphatic carbocycles. The predicted molar refractivity (Wildman–Crippen MR) is 115 cm³/mol. The number of hydrogen-bond acceptors (Lipinski definition) is 6. The van der Waals surface area contributed by atoms with Gasteiger partial charge in [-0.1, -0.05) is 36.4 Å². The van der Waals surface area contributed by atoms with Crippen LogP contribution in [0, 0.1) is 0 Å². The van der Waals surface area contributed by atoms with Gasteiger partial charge in [0.05, 0.1) is 19.8 Å². The summed E-state index contributed by atoms with van der Waals surface area (Å²) in [5.41, 5.74) is 7.55. The summed E-state index contributed by atoms with van der Waals surface area (Å²) in [6, 6.07) is 11.8. The van der Waals surface area contributed by atoms with E-state index in [4.69, 9.17) is 15.2 Å². The quantitative estimate of drug-likeness (QED) is 0.674. The number of aromatic nitrogens is 1. The molecule has 3 aromatic rings. The number of ether oxygens (including phenoxy) is 2. The molecule has 7 heteroatoms. The van der Waals surface area contributed by atoms with Crippen LogP contribution in [-0.4, -0.2) is 49.1 Å². The highest BCUT2D eigenvalue weighted by Gasteiger charge is 2.29. The van der Waals surface area contributed by atoms with Gasteiger partial charge >= 0.3 is 0 Å². The lowest BCUT2D eigenvalue weighted by Gasteiger charge is -2.32. The number of benzene rings is 1. The number of rotatable bonds is 6. The second kappa shape index (κ2) is 8.73. The number of para-hydroxylation sites is 1. The lowest BCUT2D eigenvalue weighted by Crippen LogP contribution is -2.38. The fraction of sp³-hybridized carbons (Fsp3) is 0.273. The molecule has 29 heavy (non-hydrogen) atoms. The normalized spacial score (nSPS) is 17.8. The number of hydrogen-bond donors (Lipinski definition) is 1. The molecule has 1 aliphatic heterocycles. The second-order valence-corrected chi connectivity index (χ2v) is 7.83. The third-order valence-electron chi connectivity index (χ3n) is 5.00. The van der Waals surface area contributed by atoms with Gasteiger partial charge in [-0.2, -0.15) is 0 Å². The maximum atomic E-state index is 12.0. The molecule has 1 saturated heterocycles. The van der Waals surface area contributed by atoms with E-state index in [2.05, 4.69) is 22.0 Å². The minimum atomic E-state index is -0.431. The maximum Gasteiger partial charge on any atom is 0.259 e. The van der Waals surface area contributed by atoms with Crippen molar-refractivity contribution >= 4 is 33.5 Å². The van der Waals surface area contributed by atoms with E-state index in [0.717, 1.165) is 40.2 Å². The summed E-state index contributed by atoms with van der Waals surface area (Å²) in [7, 11) is 1.68. The summed E-state index contributed by atoms with van der Waals surface area (Å²) < 4.78 is 11.4. The van der Waals surface area contributed by atoms with E-state index in [1.807, 2.05) is 36.4 Å². The molecule has 4 rings (SSSR count). The fourth-order valence-electron chi connectivity index (χ4n) is 3.63. The highest BCUT2D eigenvalue weighted by Crippen LogP contribution is 2.37. The number of methoxy groups -OCH3 is 1. The molecule has 1 atom stereocenters. The molecular formula is C22H23N3O3S. The van der Waals surface area contributed by atoms with Gasteiger partial charge in [0.15, 0.2) is 0 Å². The van der Waals surface area contributed by atoms with Crippen molar-refractivity contribution in [3.8, 4) is 5.75 Å². The largest absolute Gasteiger partial charge is 0.496 e. The van der Waals surface area contributed by atoms with Gasteiger partial charge in [0.1, 0.15) is 15.5 Å². The van der Waals surface area contributed by atoms with Crippen LogP contribution in [0.25, 0.3) is 16.3 Å². The molecular weight excluding hydrogens is 386 g/mol. The molecule has 1 aliphatic rings. The second-order valence-electron chi connectivity index (χ2n) is 6.83. The fourth-order valence-corrected chi connectivity index (χ4v) is 4.68. The van der Waals surface area contributed by atoms with Gasteiger partial charge in [0, 0.05) is 42.3 Å². The molecule has 3 heterocycles. The molecule has 1 unspecified atom stereocenters. The van der Waals surface area contributed by atoms with Crippen molar-refractivity contribution in [2.75, 3.05) is 33.4 Å². The van der Waals surface area contributed by atoms with Crippen LogP contribution in [0.15, 0.2) is 48.7 Å². The molecule has 0 saturated carbocycles. The Labute approximate surface area is 173 Å². The van der Waals surface area contributed by atoms with Crippen LogP contribution in [-0.2, 0) is 4.74 Å². The van der Waals surface area contributed by atoms with Crippen LogP contribution < -0.4 is 10.5 Å². The van der Waals surface area contributed by atoms with Gasteiger partial charge in [-0.15, -0.1) is 11.3 Å². The van der Waals surface area contributed by atoms with Gasteiger partial charge in [0.25, 0.3) is 5.91 Å². The Morgan fingerprint density at radius 3 is 3.07 bits per heavy atom. The van der Waals surface area contributed by atoms with Crippen LogP contribution in [0.1, 0.15) is 26.9 Å². The Balaban J connectivity index is 1.52. The summed E-state index contributed by atoms with van der Waals surface area (Å²) in [6.07, 6.45) is 5.72. The van der Waals surface area contributed by atoms with Gasteiger partial charge in [-0.25, -0.2) is 4.98 Å². The summed E-state index contributed by atoms with van der Waals surface area (Å²) in [5, 5.41) is 0.947. The summed E-state index contributed by atoms with van der Waals surface area (Å²) >= 11 is 1.33. The predicted octanol–water partition coefficient (Wildman–Crippen LogP) is 3.49. The minimum absolute atomic E-state index is 0.205. The Bertz CT molecular complexity index is 1050. The maximum absolute atomic E-state index is 12.0. The standard InChI is InChI=1S/C22H23N3O3S/c1-27-17-9-3-2-6-15(17)7-5-11-25-12-13-28-18(14-25)19-16-8-4-10-24-22(16)29-20(19)21(23)26/h2-10,18H,11-14H2,1H3,(H2,23,26). The Hall–Kier alpha value is -2.74. The SMILES string of the molecule is COc1ccccc1C=CCN1CCOC(c2c(C(N)=O)sc3ncccc23)C1. The average molecular weight is 410 g/mol. The highest BCUT2D eigenvalue weighted by atomic mass is 32.1. The van der Waals surface area contributed by atoms with Crippen molar-refractivity contribution in [2.45, 2.75) is 6.10 Å². The van der Waals surface area contributed by atoms with Gasteiger partial charge < -0.3 is 15.2 Å². The van der Waals surface area contributed by atoms with Crippen molar-refractivity contribution in [3.63, 3.8) is 0 Å². The number of nitrogens with two attached hydrogens (primary N) is 1. The summed E-state index contributed by atoms with van der Waals surface area (Å²) in [4.78, 5) is 20.1. The molecule has 1 aromatic carbocycles. The zero-order chi connectivity index (χ0) is 20.2. The first-order valence-electron chi connectivity index (χ1n) is 9.48. The first-order chi connectivity index (χ1) is 14.2. The van der Waals surface area contributed by atoms with E-state index in [0.29, 0.717) is 18.0 Å². The Morgan fingerprint density at radius 1 is 1.38 bits per heavy atom. The first-order valence-corrected chi connectivity index (χ1v) is 10.3. The molecule has 2 aromatic heterocycles. The van der Waals surface area contributed by atoms with Crippen molar-refractivity contribution in [3.05, 3.63) is 64.7 Å². The molecule has 1 amide bonds. The van der Waals surface area contributed by atoms with Gasteiger partial charge in [-0.05, 0) is 12.1 Å². The van der Waals surface area contributed by atoms with E-state index in [-0.39, 0.29) is 6.10 Å². The number of thiophene rings is 1. The van der Waals surface area contributed by atoms with Gasteiger partial charge in [0.2, 0.25) is 0 Å². The van der Waals surface area contributed by atoms with Gasteiger partial charge in [-0.3, -0.25) is 9.69 Å². The number of nitrogens with zero attached hydrogens (tertiary/aromatic N) is 2. The molecule has 0 radical (unpaired) electrons. The molecule has 150 valence electrons. The van der Waals surface area contributed by atoms with E-state index >= 15 is 0 Å². The number of amides is 1.